The van der Waals surface area contributed by atoms with Crippen LogP contribution in [0.2, 0.25) is 0 Å². The van der Waals surface area contributed by atoms with Gasteiger partial charge >= 0.3 is 0 Å². The van der Waals surface area contributed by atoms with Crippen molar-refractivity contribution in [1.82, 2.24) is 9.29 Å². The zero-order valence-corrected chi connectivity index (χ0v) is 18.5. The van der Waals surface area contributed by atoms with Gasteiger partial charge in [0.15, 0.2) is 0 Å². The first kappa shape index (κ1) is 21.5. The highest BCUT2D eigenvalue weighted by molar-refractivity contribution is 7.98. The van der Waals surface area contributed by atoms with Gasteiger partial charge in [-0.25, -0.2) is 8.42 Å². The molecule has 2 heterocycles. The van der Waals surface area contributed by atoms with Gasteiger partial charge in [-0.05, 0) is 60.9 Å². The predicted molar refractivity (Wildman–Crippen MR) is 122 cm³/mol. The second-order valence-electron chi connectivity index (χ2n) is 7.25. The highest BCUT2D eigenvalue weighted by Crippen LogP contribution is 2.28. The lowest BCUT2D eigenvalue weighted by atomic mass is 10.2. The number of hydrogen-bond donors (Lipinski definition) is 1. The summed E-state index contributed by atoms with van der Waals surface area (Å²) in [6.07, 6.45) is 4.77. The van der Waals surface area contributed by atoms with Crippen molar-refractivity contribution >= 4 is 33.4 Å². The Labute approximate surface area is 186 Å². The number of hydrogen-bond acceptors (Lipinski definition) is 5. The summed E-state index contributed by atoms with van der Waals surface area (Å²) < 4.78 is 27.3. The Hall–Kier alpha value is -2.68. The fourth-order valence-electron chi connectivity index (χ4n) is 3.53. The van der Waals surface area contributed by atoms with E-state index in [0.29, 0.717) is 25.1 Å². The normalized spacial score (nSPS) is 16.8. The number of sulfonamides is 1. The topological polar surface area (TPSA) is 79.4 Å². The van der Waals surface area contributed by atoms with Crippen LogP contribution in [0.3, 0.4) is 0 Å². The number of pyridine rings is 1. The molecule has 1 saturated heterocycles. The van der Waals surface area contributed by atoms with Gasteiger partial charge in [-0.15, -0.1) is 11.8 Å². The van der Waals surface area contributed by atoms with Gasteiger partial charge in [-0.2, -0.15) is 4.31 Å². The molecule has 0 radical (unpaired) electrons. The summed E-state index contributed by atoms with van der Waals surface area (Å²) in [6, 6.07) is 19.1. The highest BCUT2D eigenvalue weighted by atomic mass is 32.2. The van der Waals surface area contributed by atoms with Gasteiger partial charge in [0.1, 0.15) is 6.04 Å². The maximum Gasteiger partial charge on any atom is 0.243 e. The van der Waals surface area contributed by atoms with Gasteiger partial charge in [-0.3, -0.25) is 9.78 Å². The number of carbonyl (C=O) groups excluding carboxylic acids is 1. The number of carbonyl (C=O) groups is 1. The average Bonchev–Trinajstić information content (AvgIpc) is 3.31. The molecule has 0 bridgehead atoms. The van der Waals surface area contributed by atoms with E-state index in [1.807, 2.05) is 42.6 Å². The van der Waals surface area contributed by atoms with E-state index in [0.717, 1.165) is 16.2 Å². The largest absolute Gasteiger partial charge is 0.325 e. The summed E-state index contributed by atoms with van der Waals surface area (Å²) >= 11 is 1.69. The van der Waals surface area contributed by atoms with Crippen molar-refractivity contribution in [3.8, 4) is 0 Å². The molecular formula is C23H23N3O3S2. The van der Waals surface area contributed by atoms with E-state index in [2.05, 4.69) is 10.3 Å². The van der Waals surface area contributed by atoms with E-state index in [4.69, 9.17) is 0 Å². The minimum Gasteiger partial charge on any atom is -0.325 e. The van der Waals surface area contributed by atoms with Crippen LogP contribution in [-0.2, 0) is 20.6 Å². The third kappa shape index (κ3) is 5.15. The second kappa shape index (κ2) is 9.64. The van der Waals surface area contributed by atoms with Crippen molar-refractivity contribution in [1.29, 1.82) is 0 Å². The smallest absolute Gasteiger partial charge is 0.243 e. The van der Waals surface area contributed by atoms with Crippen LogP contribution in [-0.4, -0.2) is 36.2 Å². The fraction of sp³-hybridized carbons (Fsp3) is 0.217. The molecule has 6 nitrogen and oxygen atoms in total. The molecule has 31 heavy (non-hydrogen) atoms. The highest BCUT2D eigenvalue weighted by Gasteiger charge is 2.39. The van der Waals surface area contributed by atoms with Crippen molar-refractivity contribution in [2.75, 3.05) is 11.9 Å². The van der Waals surface area contributed by atoms with E-state index in [1.165, 1.54) is 4.31 Å². The van der Waals surface area contributed by atoms with Crippen molar-refractivity contribution in [2.45, 2.75) is 34.4 Å². The van der Waals surface area contributed by atoms with E-state index in [1.54, 1.807) is 48.3 Å². The average molecular weight is 454 g/mol. The Kier molecular flexibility index (Phi) is 6.70. The van der Waals surface area contributed by atoms with Crippen LogP contribution in [0, 0.1) is 0 Å². The molecule has 0 aliphatic carbocycles. The third-order valence-corrected chi connectivity index (χ3v) is 8.11. The van der Waals surface area contributed by atoms with Crippen molar-refractivity contribution in [3.63, 3.8) is 0 Å². The van der Waals surface area contributed by atoms with Crippen molar-refractivity contribution in [3.05, 3.63) is 84.7 Å². The van der Waals surface area contributed by atoms with Crippen LogP contribution in [0.5, 0.6) is 0 Å². The molecule has 0 saturated carbocycles. The quantitative estimate of drug-likeness (QED) is 0.543. The lowest BCUT2D eigenvalue weighted by Gasteiger charge is -2.23. The molecule has 4 rings (SSSR count). The lowest BCUT2D eigenvalue weighted by Crippen LogP contribution is -2.43. The molecule has 1 aliphatic rings. The number of nitrogens with one attached hydrogen (secondary N) is 1. The van der Waals surface area contributed by atoms with Crippen LogP contribution >= 0.6 is 11.8 Å². The molecule has 1 amide bonds. The molecule has 8 heteroatoms. The Morgan fingerprint density at radius 3 is 2.55 bits per heavy atom. The number of nitrogens with zero attached hydrogens (tertiary/aromatic N) is 2. The van der Waals surface area contributed by atoms with E-state index < -0.39 is 16.1 Å². The van der Waals surface area contributed by atoms with Crippen molar-refractivity contribution < 1.29 is 13.2 Å². The standard InChI is InChI=1S/C23H23N3O3S2/c27-23(22-9-5-15-26(22)31(28,29)21-7-2-1-3-8-21)25-19-10-12-20(13-11-19)30-17-18-6-4-14-24-16-18/h1-4,6-8,10-14,16,22H,5,9,15,17H2,(H,25,27). The SMILES string of the molecule is O=C(Nc1ccc(SCc2cccnc2)cc1)C1CCCN1S(=O)(=O)c1ccccc1. The molecule has 1 aromatic heterocycles. The zero-order chi connectivity index (χ0) is 21.7. The molecule has 1 atom stereocenters. The van der Waals surface area contributed by atoms with Gasteiger partial charge in [-0.1, -0.05) is 24.3 Å². The summed E-state index contributed by atoms with van der Waals surface area (Å²) in [5, 5.41) is 2.87. The molecule has 0 spiro atoms. The van der Waals surface area contributed by atoms with E-state index in [9.17, 15) is 13.2 Å². The van der Waals surface area contributed by atoms with Crippen LogP contribution in [0.4, 0.5) is 5.69 Å². The van der Waals surface area contributed by atoms with E-state index >= 15 is 0 Å². The Bertz CT molecular complexity index is 1120. The zero-order valence-electron chi connectivity index (χ0n) is 16.8. The third-order valence-electron chi connectivity index (χ3n) is 5.11. The minimum absolute atomic E-state index is 0.213. The van der Waals surface area contributed by atoms with Gasteiger partial charge in [0, 0.05) is 35.3 Å². The second-order valence-corrected chi connectivity index (χ2v) is 10.2. The molecular weight excluding hydrogens is 430 g/mol. The first-order valence-corrected chi connectivity index (χ1v) is 12.5. The van der Waals surface area contributed by atoms with Crippen LogP contribution < -0.4 is 5.32 Å². The maximum atomic E-state index is 13.0. The molecule has 1 aliphatic heterocycles. The van der Waals surface area contributed by atoms with Gasteiger partial charge < -0.3 is 5.32 Å². The first-order chi connectivity index (χ1) is 15.0. The van der Waals surface area contributed by atoms with E-state index in [-0.39, 0.29) is 10.8 Å². The van der Waals surface area contributed by atoms with Gasteiger partial charge in [0.05, 0.1) is 4.90 Å². The molecule has 3 aromatic rings. The molecule has 1 N–H and O–H groups in total. The Balaban J connectivity index is 1.39. The van der Waals surface area contributed by atoms with Gasteiger partial charge in [0.2, 0.25) is 15.9 Å². The summed E-state index contributed by atoms with van der Waals surface area (Å²) in [7, 11) is -3.70. The fourth-order valence-corrected chi connectivity index (χ4v) is 6.04. The first-order valence-electron chi connectivity index (χ1n) is 10.0. The van der Waals surface area contributed by atoms with Crippen LogP contribution in [0.25, 0.3) is 0 Å². The Morgan fingerprint density at radius 1 is 1.06 bits per heavy atom. The number of benzene rings is 2. The summed E-state index contributed by atoms with van der Waals surface area (Å²) in [4.78, 5) is 18.3. The summed E-state index contributed by atoms with van der Waals surface area (Å²) in [5.74, 6) is 0.515. The lowest BCUT2D eigenvalue weighted by molar-refractivity contribution is -0.119. The number of thioether (sulfide) groups is 1. The molecule has 1 fully saturated rings. The van der Waals surface area contributed by atoms with Gasteiger partial charge in [0.25, 0.3) is 0 Å². The monoisotopic (exact) mass is 453 g/mol. The van der Waals surface area contributed by atoms with Crippen LogP contribution in [0.1, 0.15) is 18.4 Å². The molecule has 160 valence electrons. The number of anilines is 1. The summed E-state index contributed by atoms with van der Waals surface area (Å²) in [6.45, 7) is 0.346. The number of rotatable bonds is 7. The predicted octanol–water partition coefficient (Wildman–Crippen LogP) is 4.17. The number of amides is 1. The maximum absolute atomic E-state index is 13.0. The minimum atomic E-state index is -3.70. The summed E-state index contributed by atoms with van der Waals surface area (Å²) in [5.41, 5.74) is 1.80. The van der Waals surface area contributed by atoms with Crippen LogP contribution in [0.15, 0.2) is 88.9 Å². The molecule has 2 aromatic carbocycles. The van der Waals surface area contributed by atoms with Crippen molar-refractivity contribution in [2.24, 2.45) is 0 Å². The molecule has 1 unspecified atom stereocenters. The number of aromatic nitrogens is 1. The Morgan fingerprint density at radius 2 is 1.84 bits per heavy atom.